The molecule has 0 aliphatic heterocycles. The smallest absolute Gasteiger partial charge is 0.215 e. The van der Waals surface area contributed by atoms with Gasteiger partial charge >= 0.3 is 0 Å². The van der Waals surface area contributed by atoms with E-state index < -0.39 is 52.0 Å². The van der Waals surface area contributed by atoms with Crippen molar-refractivity contribution in [3.05, 3.63) is 0 Å². The lowest BCUT2D eigenvalue weighted by molar-refractivity contribution is -0.267. The van der Waals surface area contributed by atoms with E-state index in [1.807, 2.05) is 0 Å². The Morgan fingerprint density at radius 3 is 1.33 bits per heavy atom. The van der Waals surface area contributed by atoms with Crippen LogP contribution in [-0.2, 0) is 14.4 Å². The van der Waals surface area contributed by atoms with Crippen LogP contribution in [0.5, 0.6) is 0 Å². The number of aliphatic hydroxyl groups excluding tert-OH is 2. The molecule has 140 valence electrons. The maximum Gasteiger partial charge on any atom is 0.215 e. The van der Waals surface area contributed by atoms with Crippen LogP contribution in [0, 0.1) is 0 Å². The monoisotopic (exact) mass is 350 g/mol. The number of hydrogen-bond acceptors (Lipinski definition) is 9. The molecule has 0 aromatic carbocycles. The lowest BCUT2D eigenvalue weighted by Crippen LogP contribution is -2.79. The van der Waals surface area contributed by atoms with E-state index in [0.29, 0.717) is 6.92 Å². The van der Waals surface area contributed by atoms with Crippen LogP contribution in [0.2, 0.25) is 0 Å². The molecule has 0 fully saturated rings. The van der Waals surface area contributed by atoms with Crippen LogP contribution in [0.15, 0.2) is 0 Å². The highest BCUT2D eigenvalue weighted by Gasteiger charge is 2.70. The van der Waals surface area contributed by atoms with Gasteiger partial charge in [-0.2, -0.15) is 0 Å². The molecule has 0 heterocycles. The molecule has 0 amide bonds. The van der Waals surface area contributed by atoms with Crippen LogP contribution < -0.4 is 0 Å². The lowest BCUT2D eigenvalue weighted by atomic mass is 9.61. The number of hydrogen-bond donors (Lipinski definition) is 6. The third-order valence-electron chi connectivity index (χ3n) is 4.71. The van der Waals surface area contributed by atoms with Crippen LogP contribution >= 0.6 is 0 Å². The Labute approximate surface area is 139 Å². The molecule has 0 aromatic heterocycles. The Hall–Kier alpha value is -1.23. The van der Waals surface area contributed by atoms with Crippen molar-refractivity contribution in [3.63, 3.8) is 0 Å². The Bertz CT molecular complexity index is 531. The molecule has 0 radical (unpaired) electrons. The van der Waals surface area contributed by atoms with Gasteiger partial charge in [-0.25, -0.2) is 0 Å². The van der Waals surface area contributed by atoms with Crippen LogP contribution in [0.25, 0.3) is 0 Å². The second-order valence-electron chi connectivity index (χ2n) is 6.56. The molecule has 6 atom stereocenters. The third-order valence-corrected chi connectivity index (χ3v) is 4.71. The Kier molecular flexibility index (Phi) is 6.25. The molecule has 0 rings (SSSR count). The summed E-state index contributed by atoms with van der Waals surface area (Å²) in [5, 5.41) is 61.0. The van der Waals surface area contributed by atoms with Gasteiger partial charge in [0.1, 0.15) is 23.4 Å². The highest BCUT2D eigenvalue weighted by molar-refractivity contribution is 6.12. The first kappa shape index (κ1) is 22.8. The van der Waals surface area contributed by atoms with Gasteiger partial charge in [-0.1, -0.05) is 0 Å². The number of carbonyl (C=O) groups is 3. The molecule has 24 heavy (non-hydrogen) atoms. The van der Waals surface area contributed by atoms with E-state index in [1.165, 1.54) is 0 Å². The van der Waals surface area contributed by atoms with Crippen molar-refractivity contribution < 1.29 is 45.0 Å². The average molecular weight is 350 g/mol. The molecule has 6 N–H and O–H groups in total. The Morgan fingerprint density at radius 1 is 0.750 bits per heavy atom. The van der Waals surface area contributed by atoms with Gasteiger partial charge in [0.05, 0.1) is 0 Å². The van der Waals surface area contributed by atoms with Gasteiger partial charge in [-0.3, -0.25) is 14.4 Å². The van der Waals surface area contributed by atoms with E-state index in [4.69, 9.17) is 0 Å². The first-order chi connectivity index (χ1) is 10.4. The molecule has 9 nitrogen and oxygen atoms in total. The van der Waals surface area contributed by atoms with Crippen molar-refractivity contribution in [3.8, 4) is 0 Å². The normalized spacial score (nSPS) is 24.5. The largest absolute Gasteiger partial charge is 0.385 e. The van der Waals surface area contributed by atoms with E-state index in [-0.39, 0.29) is 0 Å². The maximum absolute atomic E-state index is 12.1. The topological polar surface area (TPSA) is 173 Å². The summed E-state index contributed by atoms with van der Waals surface area (Å²) in [5.74, 6) is -4.16. The summed E-state index contributed by atoms with van der Waals surface area (Å²) in [7, 11) is 0. The molecule has 2 unspecified atom stereocenters. The summed E-state index contributed by atoms with van der Waals surface area (Å²) < 4.78 is 0. The average Bonchev–Trinajstić information content (AvgIpc) is 2.43. The first-order valence-corrected chi connectivity index (χ1v) is 7.26. The highest BCUT2D eigenvalue weighted by Crippen LogP contribution is 2.42. The van der Waals surface area contributed by atoms with Crippen LogP contribution in [0.3, 0.4) is 0 Å². The van der Waals surface area contributed by atoms with Gasteiger partial charge in [0.25, 0.3) is 0 Å². The van der Waals surface area contributed by atoms with E-state index in [0.717, 1.165) is 34.6 Å². The first-order valence-electron chi connectivity index (χ1n) is 7.26. The number of rotatable bonds is 8. The molecule has 0 aliphatic rings. The molecule has 0 spiro atoms. The molecular weight excluding hydrogens is 324 g/mol. The van der Waals surface area contributed by atoms with Gasteiger partial charge in [-0.05, 0) is 41.5 Å². The standard InChI is InChI=1S/C15H26O9/c1-7(16)10(19)12(4,21)13(5,22)14(6,23)15(24,9(3)18)11(20)8(2)17/h7-8,16-17,21-24H,1-6H3/t7?,8?,12-,13+,14-,15+/m0/s1. The summed E-state index contributed by atoms with van der Waals surface area (Å²) >= 11 is 0. The minimum atomic E-state index is -3.33. The van der Waals surface area contributed by atoms with Crippen molar-refractivity contribution in [2.75, 3.05) is 0 Å². The van der Waals surface area contributed by atoms with E-state index >= 15 is 0 Å². The van der Waals surface area contributed by atoms with Gasteiger partial charge in [0.2, 0.25) is 11.4 Å². The van der Waals surface area contributed by atoms with Gasteiger partial charge in [-0.15, -0.1) is 0 Å². The Morgan fingerprint density at radius 2 is 1.08 bits per heavy atom. The number of Topliss-reactive ketones (excluding diaryl/α,β-unsaturated/α-hetero) is 3. The SMILES string of the molecule is CC(=O)[C@@](O)(C(=O)C(C)O)[C@@](C)(O)[C@](C)(O)[C@@](C)(O)C(=O)C(C)O. The molecule has 0 aromatic rings. The van der Waals surface area contributed by atoms with E-state index in [2.05, 4.69) is 0 Å². The summed E-state index contributed by atoms with van der Waals surface area (Å²) in [5.41, 5.74) is -12.3. The fourth-order valence-corrected chi connectivity index (χ4v) is 2.53. The minimum absolute atomic E-state index is 0.665. The summed E-state index contributed by atoms with van der Waals surface area (Å²) in [6.45, 7) is 4.80. The molecular formula is C15H26O9. The Balaban J connectivity index is 6.49. The predicted molar refractivity (Wildman–Crippen MR) is 80.9 cm³/mol. The van der Waals surface area contributed by atoms with Crippen LogP contribution in [-0.4, -0.2) is 82.6 Å². The summed E-state index contributed by atoms with van der Waals surface area (Å²) in [6, 6.07) is 0. The minimum Gasteiger partial charge on any atom is -0.385 e. The van der Waals surface area contributed by atoms with Gasteiger partial charge in [0, 0.05) is 0 Å². The molecule has 9 heteroatoms. The van der Waals surface area contributed by atoms with Crippen molar-refractivity contribution >= 4 is 17.3 Å². The quantitative estimate of drug-likeness (QED) is 0.258. The predicted octanol–water partition coefficient (Wildman–Crippen LogP) is -2.54. The lowest BCUT2D eigenvalue weighted by Gasteiger charge is -2.52. The van der Waals surface area contributed by atoms with Crippen molar-refractivity contribution in [1.82, 2.24) is 0 Å². The van der Waals surface area contributed by atoms with Gasteiger partial charge < -0.3 is 30.6 Å². The van der Waals surface area contributed by atoms with Crippen molar-refractivity contribution in [2.45, 2.75) is 76.2 Å². The zero-order chi connectivity index (χ0) is 19.9. The van der Waals surface area contributed by atoms with Crippen LogP contribution in [0.4, 0.5) is 0 Å². The number of ketones is 3. The van der Waals surface area contributed by atoms with E-state index in [1.54, 1.807) is 0 Å². The number of carbonyl (C=O) groups excluding carboxylic acids is 3. The fraction of sp³-hybridized carbons (Fsp3) is 0.800. The van der Waals surface area contributed by atoms with Gasteiger partial charge in [0.15, 0.2) is 17.2 Å². The zero-order valence-electron chi connectivity index (χ0n) is 14.6. The third kappa shape index (κ3) is 3.03. The molecule has 0 saturated heterocycles. The zero-order valence-corrected chi connectivity index (χ0v) is 14.6. The molecule has 0 bridgehead atoms. The summed E-state index contributed by atoms with van der Waals surface area (Å²) in [4.78, 5) is 36.0. The highest BCUT2D eigenvalue weighted by atomic mass is 16.4. The number of aliphatic hydroxyl groups is 6. The summed E-state index contributed by atoms with van der Waals surface area (Å²) in [6.07, 6.45) is -3.64. The molecule has 0 aliphatic carbocycles. The van der Waals surface area contributed by atoms with Crippen molar-refractivity contribution in [2.24, 2.45) is 0 Å². The second kappa shape index (κ2) is 6.58. The van der Waals surface area contributed by atoms with Crippen LogP contribution in [0.1, 0.15) is 41.5 Å². The second-order valence-corrected chi connectivity index (χ2v) is 6.56. The molecule has 0 saturated carbocycles. The fourth-order valence-electron chi connectivity index (χ4n) is 2.53. The van der Waals surface area contributed by atoms with E-state index in [9.17, 15) is 45.0 Å². The maximum atomic E-state index is 12.1. The van der Waals surface area contributed by atoms with Crippen molar-refractivity contribution in [1.29, 1.82) is 0 Å².